The lowest BCUT2D eigenvalue weighted by Crippen LogP contribution is -2.61. The summed E-state index contributed by atoms with van der Waals surface area (Å²) in [7, 11) is 4.72. The molecule has 0 aromatic heterocycles. The van der Waals surface area contributed by atoms with Crippen molar-refractivity contribution >= 4 is 59.0 Å². The Labute approximate surface area is 484 Å². The number of rotatable bonds is 28. The highest BCUT2D eigenvalue weighted by Crippen LogP contribution is 2.43. The molecule has 0 spiro atoms. The highest BCUT2D eigenvalue weighted by molar-refractivity contribution is 6.12. The molecule has 4 N–H and O–H groups in total. The van der Waals surface area contributed by atoms with Crippen LogP contribution in [0.5, 0.6) is 0 Å². The van der Waals surface area contributed by atoms with Gasteiger partial charge < -0.3 is 45.3 Å². The summed E-state index contributed by atoms with van der Waals surface area (Å²) >= 11 is 0. The van der Waals surface area contributed by atoms with Gasteiger partial charge in [0, 0.05) is 77.6 Å². The van der Waals surface area contributed by atoms with Crippen LogP contribution in [0, 0.1) is 23.7 Å². The zero-order valence-corrected chi connectivity index (χ0v) is 50.1. The Morgan fingerprint density at radius 2 is 1.49 bits per heavy atom. The van der Waals surface area contributed by atoms with E-state index in [4.69, 9.17) is 14.2 Å². The third kappa shape index (κ3) is 16.8. The molecule has 0 radical (unpaired) electrons. The van der Waals surface area contributed by atoms with Crippen molar-refractivity contribution in [3.8, 4) is 0 Å². The highest BCUT2D eigenvalue weighted by Gasteiger charge is 2.53. The predicted octanol–water partition coefficient (Wildman–Crippen LogP) is 6.30. The van der Waals surface area contributed by atoms with Crippen molar-refractivity contribution in [1.82, 2.24) is 35.6 Å². The number of piperidine rings is 1. The van der Waals surface area contributed by atoms with E-state index in [1.165, 1.54) is 31.3 Å². The lowest BCUT2D eigenvalue weighted by atomic mass is 9.89. The van der Waals surface area contributed by atoms with Crippen LogP contribution >= 0.6 is 0 Å². The lowest BCUT2D eigenvalue weighted by Gasteiger charge is -2.41. The zero-order valence-electron chi connectivity index (χ0n) is 50.1. The Morgan fingerprint density at radius 3 is 2.11 bits per heavy atom. The number of likely N-dealkylation sites (tertiary alicyclic amines) is 2. The van der Waals surface area contributed by atoms with Crippen molar-refractivity contribution in [2.24, 2.45) is 23.7 Å². The van der Waals surface area contributed by atoms with Gasteiger partial charge in [0.1, 0.15) is 23.7 Å². The number of amides is 9. The van der Waals surface area contributed by atoms with Gasteiger partial charge in [0.25, 0.3) is 11.8 Å². The van der Waals surface area contributed by atoms with Gasteiger partial charge in [-0.1, -0.05) is 89.9 Å². The van der Waals surface area contributed by atoms with Gasteiger partial charge in [-0.2, -0.15) is 0 Å². The number of imide groups is 1. The molecule has 1 aliphatic carbocycles. The van der Waals surface area contributed by atoms with Gasteiger partial charge >= 0.3 is 6.09 Å². The van der Waals surface area contributed by atoms with Gasteiger partial charge in [0.2, 0.25) is 35.4 Å². The number of carbonyl (C=O) groups is 9. The van der Waals surface area contributed by atoms with Gasteiger partial charge in [-0.25, -0.2) is 4.79 Å². The molecule has 82 heavy (non-hydrogen) atoms. The summed E-state index contributed by atoms with van der Waals surface area (Å²) in [5, 5.41) is 11.9. The second kappa shape index (κ2) is 29.5. The summed E-state index contributed by atoms with van der Waals surface area (Å²) in [5.41, 5.74) is 1.39. The highest BCUT2D eigenvalue weighted by atomic mass is 16.6. The van der Waals surface area contributed by atoms with Gasteiger partial charge in [-0.3, -0.25) is 48.2 Å². The average Bonchev–Trinajstić information content (AvgIpc) is 4.43. The molecule has 450 valence electrons. The van der Waals surface area contributed by atoms with Crippen LogP contribution in [0.1, 0.15) is 137 Å². The maximum Gasteiger partial charge on any atom is 0.411 e. The van der Waals surface area contributed by atoms with E-state index < -0.39 is 71.8 Å². The van der Waals surface area contributed by atoms with E-state index in [0.717, 1.165) is 24.0 Å². The van der Waals surface area contributed by atoms with Crippen LogP contribution in [-0.4, -0.2) is 161 Å². The number of hydrogen-bond acceptors (Lipinski definition) is 12. The van der Waals surface area contributed by atoms with E-state index in [2.05, 4.69) is 21.3 Å². The quantitative estimate of drug-likeness (QED) is 0.0542. The fourth-order valence-corrected chi connectivity index (χ4v) is 12.2. The van der Waals surface area contributed by atoms with E-state index in [0.29, 0.717) is 70.1 Å². The molecule has 20 nitrogen and oxygen atoms in total. The molecule has 2 bridgehead atoms. The number of carbonyl (C=O) groups excluding carboxylic acids is 9. The topological polar surface area (TPSA) is 242 Å². The van der Waals surface area contributed by atoms with E-state index in [1.54, 1.807) is 73.7 Å². The molecular formula is C62H90N8O12. The maximum absolute atomic E-state index is 14.7. The van der Waals surface area contributed by atoms with Crippen LogP contribution in [0.2, 0.25) is 0 Å². The standard InChI is InChI=1S/C62H90N8O12/c1-12-39(4)54(67(9)60(78)53(38(2)3)66-59(77)55-43-26-29-45(35-43)70(55)61(79)82-62(6,7)8)48(80-10)36-52(74)68-33-19-22-47(68)56(81-11)40(5)57(75)65-46(34-41-20-15-13-16-21-41)58(76)64-44-27-24-42(25-28-44)37-63-49(71)23-17-14-18-32-69-50(72)30-31-51(69)73/h13,15-16,20-21,24-25,27-28,30-31,38-40,43,45-48,53-56H,12,14,17-19,22-23,26,29,32-37H2,1-11H3,(H,63,71)(H,64,76)(H,65,75)(H,66,77)/t39-,40+,43-,45+,46-,47-,48+,53-,54-,55-,56+/m0/s1. The molecule has 0 unspecified atom stereocenters. The monoisotopic (exact) mass is 1140 g/mol. The summed E-state index contributed by atoms with van der Waals surface area (Å²) < 4.78 is 17.9. The van der Waals surface area contributed by atoms with Gasteiger partial charge in [-0.05, 0) is 107 Å². The number of unbranched alkanes of at least 4 members (excludes halogenated alkanes) is 2. The maximum atomic E-state index is 14.7. The summed E-state index contributed by atoms with van der Waals surface area (Å²) in [4.78, 5) is 128. The van der Waals surface area contributed by atoms with Crippen LogP contribution in [0.3, 0.4) is 0 Å². The van der Waals surface area contributed by atoms with Crippen molar-refractivity contribution in [3.05, 3.63) is 77.9 Å². The van der Waals surface area contributed by atoms with Crippen LogP contribution in [0.25, 0.3) is 0 Å². The molecule has 1 saturated carbocycles. The third-order valence-corrected chi connectivity index (χ3v) is 16.8. The van der Waals surface area contributed by atoms with Crippen molar-refractivity contribution in [1.29, 1.82) is 0 Å². The third-order valence-electron chi connectivity index (χ3n) is 16.8. The van der Waals surface area contributed by atoms with Crippen LogP contribution in [-0.2, 0) is 65.5 Å². The van der Waals surface area contributed by atoms with E-state index in [1.807, 2.05) is 58.0 Å². The number of benzene rings is 2. The SMILES string of the molecule is CC[C@H](C)[C@@H]([C@@H](CC(=O)N1CCC[C@H]1[C@H](OC)[C@@H](C)C(=O)N[C@@H](Cc1ccccc1)C(=O)Nc1ccc(CNC(=O)CCCCCN2C(=O)C=CC2=O)cc1)OC)N(C)C(=O)[C@@H](NC(=O)[C@@H]1[C@H]2CC[C@H](C2)N1C(=O)OC(C)(C)C)C(C)C. The largest absolute Gasteiger partial charge is 0.444 e. The number of anilines is 1. The van der Waals surface area contributed by atoms with Crippen molar-refractivity contribution in [2.75, 3.05) is 39.7 Å². The minimum Gasteiger partial charge on any atom is -0.444 e. The smallest absolute Gasteiger partial charge is 0.411 e. The van der Waals surface area contributed by atoms with Crippen LogP contribution in [0.15, 0.2) is 66.7 Å². The molecule has 2 saturated heterocycles. The molecule has 2 aromatic carbocycles. The van der Waals surface area contributed by atoms with E-state index in [9.17, 15) is 43.2 Å². The predicted molar refractivity (Wildman–Crippen MR) is 309 cm³/mol. The fourth-order valence-electron chi connectivity index (χ4n) is 12.2. The average molecular weight is 1140 g/mol. The first-order chi connectivity index (χ1) is 39.0. The Morgan fingerprint density at radius 1 is 0.805 bits per heavy atom. The van der Waals surface area contributed by atoms with Crippen LogP contribution < -0.4 is 21.3 Å². The van der Waals surface area contributed by atoms with Gasteiger partial charge in [0.05, 0.1) is 36.6 Å². The number of nitrogens with one attached hydrogen (secondary N) is 4. The second-order valence-corrected chi connectivity index (χ2v) is 24.1. The molecule has 3 aliphatic heterocycles. The Hall–Kier alpha value is -6.67. The molecule has 4 aliphatic rings. The first-order valence-electron chi connectivity index (χ1n) is 29.4. The first-order valence-corrected chi connectivity index (χ1v) is 29.4. The minimum absolute atomic E-state index is 0.0425. The van der Waals surface area contributed by atoms with Crippen LogP contribution in [0.4, 0.5) is 10.5 Å². The molecule has 2 aromatic rings. The van der Waals surface area contributed by atoms with Crippen molar-refractivity contribution in [2.45, 2.75) is 193 Å². The molecule has 20 heteroatoms. The summed E-state index contributed by atoms with van der Waals surface area (Å²) in [5.74, 6) is -3.87. The Bertz CT molecular complexity index is 2570. The number of likely N-dealkylation sites (N-methyl/N-ethyl adjacent to an activating group) is 1. The minimum atomic E-state index is -0.990. The number of hydrogen-bond donors (Lipinski definition) is 4. The first kappa shape index (κ1) is 64.5. The normalized spacial score (nSPS) is 21.1. The van der Waals surface area contributed by atoms with Crippen molar-refractivity contribution in [3.63, 3.8) is 0 Å². The molecule has 9 amide bonds. The Kier molecular flexibility index (Phi) is 23.2. The second-order valence-electron chi connectivity index (χ2n) is 24.1. The number of ether oxygens (including phenoxy) is 3. The summed E-state index contributed by atoms with van der Waals surface area (Å²) in [6.45, 7) is 15.9. The molecule has 3 heterocycles. The number of nitrogens with zero attached hydrogens (tertiary/aromatic N) is 4. The van der Waals surface area contributed by atoms with Crippen molar-refractivity contribution < 1.29 is 57.4 Å². The molecule has 3 fully saturated rings. The van der Waals surface area contributed by atoms with Gasteiger partial charge in [-0.15, -0.1) is 0 Å². The summed E-state index contributed by atoms with van der Waals surface area (Å²) in [6, 6.07) is 12.5. The van der Waals surface area contributed by atoms with Gasteiger partial charge in [0.15, 0.2) is 0 Å². The number of methoxy groups -OCH3 is 2. The summed E-state index contributed by atoms with van der Waals surface area (Å²) in [6.07, 6.45) is 6.99. The molecular weight excluding hydrogens is 1050 g/mol. The fraction of sp³-hybridized carbons (Fsp3) is 0.629. The Balaban J connectivity index is 1.06. The van der Waals surface area contributed by atoms with E-state index >= 15 is 0 Å². The number of fused-ring (bicyclic) bond motifs is 2. The lowest BCUT2D eigenvalue weighted by molar-refractivity contribution is -0.148. The zero-order chi connectivity index (χ0) is 60.0. The molecule has 6 rings (SSSR count). The van der Waals surface area contributed by atoms with E-state index in [-0.39, 0.29) is 78.6 Å². The molecule has 11 atom stereocenters.